The van der Waals surface area contributed by atoms with E-state index in [0.717, 1.165) is 0 Å². The Morgan fingerprint density at radius 2 is 0.630 bits per heavy atom. The molecule has 0 unspecified atom stereocenters. The van der Waals surface area contributed by atoms with Gasteiger partial charge in [0, 0.05) is 27.3 Å². The third-order valence-electron chi connectivity index (χ3n) is 19.8. The summed E-state index contributed by atoms with van der Waals surface area (Å²) in [7, 11) is 0. The van der Waals surface area contributed by atoms with Gasteiger partial charge in [-0.05, 0) is 152 Å². The van der Waals surface area contributed by atoms with Crippen molar-refractivity contribution in [2.24, 2.45) is 0 Å². The third kappa shape index (κ3) is 12.5. The van der Waals surface area contributed by atoms with Gasteiger partial charge in [-0.15, -0.1) is 0 Å². The first-order valence-electron chi connectivity index (χ1n) is 33.3. The largest absolute Gasteiger partial charge is 0.309 e. The number of hydrogen-bond acceptors (Lipinski definition) is 0. The van der Waals surface area contributed by atoms with Crippen LogP contribution in [-0.4, -0.2) is 4.57 Å². The van der Waals surface area contributed by atoms with Crippen molar-refractivity contribution in [1.82, 2.24) is 4.57 Å². The average molecular weight is 1080 g/mol. The van der Waals surface area contributed by atoms with Gasteiger partial charge in [-0.2, -0.15) is 0 Å². The van der Waals surface area contributed by atoms with Crippen LogP contribution in [0.2, 0.25) is 0 Å². The van der Waals surface area contributed by atoms with Crippen molar-refractivity contribution in [2.45, 2.75) is 244 Å². The van der Waals surface area contributed by atoms with Crippen molar-refractivity contribution in [1.29, 1.82) is 0 Å². The topological polar surface area (TPSA) is 4.93 Å². The Balaban J connectivity index is 1.07. The van der Waals surface area contributed by atoms with E-state index in [2.05, 4.69) is 199 Å². The van der Waals surface area contributed by atoms with Gasteiger partial charge in [0.05, 0.1) is 11.0 Å². The molecule has 1 aromatic heterocycles. The number of rotatable bonds is 31. The van der Waals surface area contributed by atoms with E-state index < -0.39 is 0 Å². The fraction of sp³-hybridized carbons (Fsp3) is 0.475. The maximum Gasteiger partial charge on any atom is 0.0541 e. The minimum Gasteiger partial charge on any atom is -0.309 e. The zero-order valence-corrected chi connectivity index (χ0v) is 51.6. The van der Waals surface area contributed by atoms with Crippen molar-refractivity contribution >= 4 is 21.8 Å². The van der Waals surface area contributed by atoms with Crippen LogP contribution in [0.3, 0.4) is 0 Å². The highest BCUT2D eigenvalue weighted by atomic mass is 15.0. The molecule has 7 aromatic carbocycles. The number of unbranched alkanes of at least 4 members (excludes halogenated alkanes) is 20. The highest BCUT2D eigenvalue weighted by Gasteiger charge is 2.44. The molecule has 0 saturated carbocycles. The molecule has 0 spiro atoms. The fourth-order valence-corrected chi connectivity index (χ4v) is 15.2. The van der Waals surface area contributed by atoms with Crippen LogP contribution in [-0.2, 0) is 16.2 Å². The normalized spacial score (nSPS) is 14.0. The van der Waals surface area contributed by atoms with Gasteiger partial charge in [-0.1, -0.05) is 300 Å². The number of aromatic nitrogens is 1. The summed E-state index contributed by atoms with van der Waals surface area (Å²) in [5.74, 6) is 0. The Morgan fingerprint density at radius 3 is 1.00 bits per heavy atom. The molecule has 0 atom stereocenters. The van der Waals surface area contributed by atoms with E-state index in [0.29, 0.717) is 0 Å². The van der Waals surface area contributed by atoms with Gasteiger partial charge in [-0.25, -0.2) is 0 Å². The molecule has 1 heterocycles. The first-order chi connectivity index (χ1) is 39.7. The van der Waals surface area contributed by atoms with Crippen LogP contribution in [0.5, 0.6) is 0 Å². The summed E-state index contributed by atoms with van der Waals surface area (Å²) in [6.07, 6.45) is 36.9. The standard InChI is InChI=1S/C80H101N/c1-8-12-16-20-24-32-52-79(53-33-25-21-17-13-9-2)72-38-30-28-36-66(72)68-48-40-62(58-74(68)79)60-42-50-76-70(56-60)71-57-61(43-51-77(71)81(76)65-46-44-64(45-47-65)78(5,6)7)63-41-49-69-67-37-29-31-39-73(67)80(75(69)59-63,54-34-26-22-18-14-10-3)55-35-27-23-19-15-11-4/h28-31,36-51,56-59H,8-27,32-35,52-55H2,1-7H3. The van der Waals surface area contributed by atoms with E-state index in [9.17, 15) is 0 Å². The molecule has 81 heavy (non-hydrogen) atoms. The SMILES string of the molecule is CCCCCCCCC1(CCCCCCCC)c2ccccc2-c2ccc(-c3ccc4c(c3)c3cc(-c5ccc6c(c5)C(CCCCCCCC)(CCCCCCCC)c5ccccc5-6)ccc3n4-c3ccc(C(C)(C)C)cc3)cc21. The van der Waals surface area contributed by atoms with E-state index in [4.69, 9.17) is 0 Å². The summed E-state index contributed by atoms with van der Waals surface area (Å²) in [6.45, 7) is 16.3. The van der Waals surface area contributed by atoms with Gasteiger partial charge in [0.25, 0.3) is 0 Å². The van der Waals surface area contributed by atoms with Crippen LogP contribution in [0.1, 0.15) is 256 Å². The molecule has 0 aliphatic heterocycles. The van der Waals surface area contributed by atoms with Crippen molar-refractivity contribution < 1.29 is 0 Å². The van der Waals surface area contributed by atoms with E-state index >= 15 is 0 Å². The summed E-state index contributed by atoms with van der Waals surface area (Å²) in [5, 5.41) is 2.65. The Morgan fingerprint density at radius 1 is 0.309 bits per heavy atom. The highest BCUT2D eigenvalue weighted by molar-refractivity contribution is 6.12. The van der Waals surface area contributed by atoms with Crippen LogP contribution in [0.25, 0.3) is 72.0 Å². The zero-order valence-electron chi connectivity index (χ0n) is 51.6. The van der Waals surface area contributed by atoms with Crippen LogP contribution < -0.4 is 0 Å². The molecule has 0 fully saturated rings. The van der Waals surface area contributed by atoms with Crippen LogP contribution >= 0.6 is 0 Å². The molecule has 1 heteroatoms. The molecule has 2 aliphatic carbocycles. The second-order valence-electron chi connectivity index (χ2n) is 26.4. The quantitative estimate of drug-likeness (QED) is 0.0382. The second kappa shape index (κ2) is 27.2. The van der Waals surface area contributed by atoms with Gasteiger partial charge in [0.1, 0.15) is 0 Å². The lowest BCUT2D eigenvalue weighted by molar-refractivity contribution is 0.398. The molecule has 2 aliphatic rings. The molecule has 0 radical (unpaired) electrons. The van der Waals surface area contributed by atoms with E-state index in [-0.39, 0.29) is 16.2 Å². The summed E-state index contributed by atoms with van der Waals surface area (Å²) in [5.41, 5.74) is 22.8. The van der Waals surface area contributed by atoms with Gasteiger partial charge in [0.2, 0.25) is 0 Å². The summed E-state index contributed by atoms with van der Waals surface area (Å²) < 4.78 is 2.54. The summed E-state index contributed by atoms with van der Waals surface area (Å²) >= 11 is 0. The minimum absolute atomic E-state index is 0.0454. The smallest absolute Gasteiger partial charge is 0.0541 e. The number of benzene rings is 7. The molecular formula is C80H101N. The van der Waals surface area contributed by atoms with Crippen molar-refractivity contribution in [3.8, 4) is 50.2 Å². The minimum atomic E-state index is 0.0454. The molecule has 426 valence electrons. The average Bonchev–Trinajstić information content (AvgIpc) is 3.10. The summed E-state index contributed by atoms with van der Waals surface area (Å²) in [6, 6.07) is 58.5. The highest BCUT2D eigenvalue weighted by Crippen LogP contribution is 2.57. The van der Waals surface area contributed by atoms with Gasteiger partial charge in [0.15, 0.2) is 0 Å². The zero-order chi connectivity index (χ0) is 56.2. The lowest BCUT2D eigenvalue weighted by Gasteiger charge is -2.33. The monoisotopic (exact) mass is 1080 g/mol. The maximum absolute atomic E-state index is 2.66. The maximum atomic E-state index is 2.66. The molecule has 0 saturated heterocycles. The molecule has 0 N–H and O–H groups in total. The molecule has 0 amide bonds. The number of nitrogens with zero attached hydrogens (tertiary/aromatic N) is 1. The molecule has 1 nitrogen and oxygen atoms in total. The Hall–Kier alpha value is -5.66. The van der Waals surface area contributed by atoms with E-state index in [1.807, 2.05) is 0 Å². The van der Waals surface area contributed by atoms with Crippen molar-refractivity contribution in [3.05, 3.63) is 173 Å². The number of hydrogen-bond donors (Lipinski definition) is 0. The molecule has 8 aromatic rings. The Bertz CT molecular complexity index is 3090. The van der Waals surface area contributed by atoms with E-state index in [1.54, 1.807) is 22.3 Å². The van der Waals surface area contributed by atoms with Crippen LogP contribution in [0, 0.1) is 0 Å². The fourth-order valence-electron chi connectivity index (χ4n) is 15.2. The van der Waals surface area contributed by atoms with Crippen molar-refractivity contribution in [3.63, 3.8) is 0 Å². The van der Waals surface area contributed by atoms with Crippen LogP contribution in [0.15, 0.2) is 146 Å². The molecule has 0 bridgehead atoms. The molecule has 10 rings (SSSR count). The van der Waals surface area contributed by atoms with E-state index in [1.165, 1.54) is 257 Å². The number of fused-ring (bicyclic) bond motifs is 9. The lowest BCUT2D eigenvalue weighted by Crippen LogP contribution is -2.25. The Kier molecular flexibility index (Phi) is 19.6. The van der Waals surface area contributed by atoms with Crippen LogP contribution in [0.4, 0.5) is 0 Å². The third-order valence-corrected chi connectivity index (χ3v) is 19.8. The van der Waals surface area contributed by atoms with Gasteiger partial charge in [-0.3, -0.25) is 0 Å². The summed E-state index contributed by atoms with van der Waals surface area (Å²) in [4.78, 5) is 0. The predicted molar refractivity (Wildman–Crippen MR) is 355 cm³/mol. The second-order valence-corrected chi connectivity index (χ2v) is 26.4. The van der Waals surface area contributed by atoms with Crippen molar-refractivity contribution in [2.75, 3.05) is 0 Å². The predicted octanol–water partition coefficient (Wildman–Crippen LogP) is 25.0. The first-order valence-corrected chi connectivity index (χ1v) is 33.3. The molecular weight excluding hydrogens is 975 g/mol. The van der Waals surface area contributed by atoms with Gasteiger partial charge >= 0.3 is 0 Å². The first kappa shape index (κ1) is 58.5. The lowest BCUT2D eigenvalue weighted by atomic mass is 9.70. The van der Waals surface area contributed by atoms with Gasteiger partial charge < -0.3 is 4.57 Å². The Labute approximate surface area is 491 Å².